The normalized spacial score (nSPS) is 46.1. The Bertz CT molecular complexity index is 204. The van der Waals surface area contributed by atoms with E-state index in [0.29, 0.717) is 6.10 Å². The highest BCUT2D eigenvalue weighted by Gasteiger charge is 2.51. The summed E-state index contributed by atoms with van der Waals surface area (Å²) in [6.45, 7) is 1.89. The number of carboxylic acids is 1. The third-order valence-corrected chi connectivity index (χ3v) is 3.43. The van der Waals surface area contributed by atoms with Gasteiger partial charge in [0.2, 0.25) is 0 Å². The second kappa shape index (κ2) is 2.46. The highest BCUT2D eigenvalue weighted by atomic mass is 16.5. The maximum atomic E-state index is 11.1. The SMILES string of the molecule is CC1OC2CCC1(C(=O)O)CC2. The van der Waals surface area contributed by atoms with Crippen LogP contribution < -0.4 is 0 Å². The smallest absolute Gasteiger partial charge is 0.312 e. The van der Waals surface area contributed by atoms with Crippen LogP contribution in [0.15, 0.2) is 0 Å². The molecule has 12 heavy (non-hydrogen) atoms. The van der Waals surface area contributed by atoms with Crippen LogP contribution in [0.25, 0.3) is 0 Å². The monoisotopic (exact) mass is 170 g/mol. The van der Waals surface area contributed by atoms with E-state index in [2.05, 4.69) is 0 Å². The summed E-state index contributed by atoms with van der Waals surface area (Å²) in [5.41, 5.74) is -0.561. The van der Waals surface area contributed by atoms with E-state index in [4.69, 9.17) is 9.84 Å². The molecule has 3 rings (SSSR count). The molecule has 2 bridgehead atoms. The lowest BCUT2D eigenvalue weighted by Gasteiger charge is -2.47. The molecular formula is C9H14O3. The fourth-order valence-corrected chi connectivity index (χ4v) is 2.46. The van der Waals surface area contributed by atoms with Crippen LogP contribution in [0.5, 0.6) is 0 Å². The summed E-state index contributed by atoms with van der Waals surface area (Å²) in [4.78, 5) is 11.1. The Morgan fingerprint density at radius 1 is 1.50 bits per heavy atom. The van der Waals surface area contributed by atoms with Crippen LogP contribution >= 0.6 is 0 Å². The fraction of sp³-hybridized carbons (Fsp3) is 0.889. The summed E-state index contributed by atoms with van der Waals surface area (Å²) in [6, 6.07) is 0. The topological polar surface area (TPSA) is 46.5 Å². The third kappa shape index (κ3) is 0.891. The van der Waals surface area contributed by atoms with E-state index >= 15 is 0 Å². The van der Waals surface area contributed by atoms with Crippen molar-refractivity contribution in [1.29, 1.82) is 0 Å². The number of hydrogen-bond donors (Lipinski definition) is 1. The first kappa shape index (κ1) is 8.05. The van der Waals surface area contributed by atoms with Gasteiger partial charge in [-0.1, -0.05) is 0 Å². The molecule has 3 aliphatic rings. The summed E-state index contributed by atoms with van der Waals surface area (Å²) >= 11 is 0. The van der Waals surface area contributed by atoms with Crippen molar-refractivity contribution in [3.8, 4) is 0 Å². The van der Waals surface area contributed by atoms with E-state index in [0.717, 1.165) is 25.7 Å². The Kier molecular flexibility index (Phi) is 1.65. The minimum Gasteiger partial charge on any atom is -0.481 e. The minimum absolute atomic E-state index is 0.0949. The van der Waals surface area contributed by atoms with Gasteiger partial charge < -0.3 is 9.84 Å². The average Bonchev–Trinajstić information content (AvgIpc) is 2.05. The zero-order chi connectivity index (χ0) is 8.77. The number of ether oxygens (including phenoxy) is 1. The number of carbonyl (C=O) groups is 1. The van der Waals surface area contributed by atoms with Crippen molar-refractivity contribution in [2.75, 3.05) is 0 Å². The van der Waals surface area contributed by atoms with Gasteiger partial charge in [-0.3, -0.25) is 4.79 Å². The second-order valence-electron chi connectivity index (χ2n) is 3.94. The molecular weight excluding hydrogens is 156 g/mol. The summed E-state index contributed by atoms with van der Waals surface area (Å²) in [6.07, 6.45) is 3.69. The third-order valence-electron chi connectivity index (χ3n) is 3.43. The van der Waals surface area contributed by atoms with E-state index in [9.17, 15) is 4.79 Å². The molecule has 3 heteroatoms. The predicted molar refractivity (Wildman–Crippen MR) is 42.9 cm³/mol. The molecule has 0 aromatic rings. The zero-order valence-corrected chi connectivity index (χ0v) is 7.25. The number of fused-ring (bicyclic) bond motifs is 3. The molecule has 3 nitrogen and oxygen atoms in total. The van der Waals surface area contributed by atoms with Crippen molar-refractivity contribution in [2.45, 2.75) is 44.8 Å². The first-order chi connectivity index (χ1) is 5.65. The Labute approximate surface area is 71.7 Å². The maximum Gasteiger partial charge on any atom is 0.312 e. The average molecular weight is 170 g/mol. The molecule has 1 saturated carbocycles. The molecule has 1 atom stereocenters. The number of carboxylic acid groups (broad SMARTS) is 1. The van der Waals surface area contributed by atoms with Crippen LogP contribution in [0.3, 0.4) is 0 Å². The number of hydrogen-bond acceptors (Lipinski definition) is 2. The zero-order valence-electron chi connectivity index (χ0n) is 7.25. The minimum atomic E-state index is -0.673. The Balaban J connectivity index is 2.26. The Morgan fingerprint density at radius 3 is 2.42 bits per heavy atom. The van der Waals surface area contributed by atoms with Crippen molar-refractivity contribution in [3.63, 3.8) is 0 Å². The van der Waals surface area contributed by atoms with Gasteiger partial charge in [0.05, 0.1) is 17.6 Å². The molecule has 1 N–H and O–H groups in total. The van der Waals surface area contributed by atoms with Gasteiger partial charge in [-0.25, -0.2) is 0 Å². The lowest BCUT2D eigenvalue weighted by atomic mass is 9.67. The maximum absolute atomic E-state index is 11.1. The van der Waals surface area contributed by atoms with Gasteiger partial charge in [-0.15, -0.1) is 0 Å². The van der Waals surface area contributed by atoms with Gasteiger partial charge in [0.1, 0.15) is 0 Å². The van der Waals surface area contributed by atoms with Crippen molar-refractivity contribution < 1.29 is 14.6 Å². The van der Waals surface area contributed by atoms with E-state index < -0.39 is 11.4 Å². The van der Waals surface area contributed by atoms with E-state index in [1.165, 1.54) is 0 Å². The summed E-state index contributed by atoms with van der Waals surface area (Å²) in [5, 5.41) is 9.10. The quantitative estimate of drug-likeness (QED) is 0.647. The molecule has 0 aromatic carbocycles. The van der Waals surface area contributed by atoms with Gasteiger partial charge in [0, 0.05) is 0 Å². The predicted octanol–water partition coefficient (Wildman–Crippen LogP) is 1.42. The molecule has 2 heterocycles. The van der Waals surface area contributed by atoms with Crippen molar-refractivity contribution >= 4 is 5.97 Å². The van der Waals surface area contributed by atoms with E-state index in [1.54, 1.807) is 0 Å². The second-order valence-corrected chi connectivity index (χ2v) is 3.94. The molecule has 1 aliphatic carbocycles. The van der Waals surface area contributed by atoms with Crippen LogP contribution in [0, 0.1) is 5.41 Å². The van der Waals surface area contributed by atoms with E-state index in [1.807, 2.05) is 6.92 Å². The molecule has 2 aliphatic heterocycles. The first-order valence-corrected chi connectivity index (χ1v) is 4.54. The molecule has 0 aromatic heterocycles. The lowest BCUT2D eigenvalue weighted by molar-refractivity contribution is -0.195. The van der Waals surface area contributed by atoms with Gasteiger partial charge in [-0.2, -0.15) is 0 Å². The molecule has 0 radical (unpaired) electrons. The molecule has 1 unspecified atom stereocenters. The highest BCUT2D eigenvalue weighted by Crippen LogP contribution is 2.47. The van der Waals surface area contributed by atoms with Crippen LogP contribution in [-0.4, -0.2) is 23.3 Å². The Hall–Kier alpha value is -0.570. The van der Waals surface area contributed by atoms with Gasteiger partial charge in [0.15, 0.2) is 0 Å². The van der Waals surface area contributed by atoms with Crippen LogP contribution in [-0.2, 0) is 9.53 Å². The summed E-state index contributed by atoms with van der Waals surface area (Å²) < 4.78 is 5.57. The van der Waals surface area contributed by atoms with Gasteiger partial charge >= 0.3 is 5.97 Å². The Morgan fingerprint density at radius 2 is 2.08 bits per heavy atom. The number of aliphatic carboxylic acids is 1. The number of rotatable bonds is 1. The molecule has 0 spiro atoms. The van der Waals surface area contributed by atoms with Crippen LogP contribution in [0.1, 0.15) is 32.6 Å². The van der Waals surface area contributed by atoms with Crippen LogP contribution in [0.4, 0.5) is 0 Å². The molecule has 2 saturated heterocycles. The molecule has 68 valence electrons. The van der Waals surface area contributed by atoms with Crippen molar-refractivity contribution in [1.82, 2.24) is 0 Å². The standard InChI is InChI=1S/C9H14O3/c1-6-9(8(10)11)4-2-7(12-6)3-5-9/h6-7H,2-5H2,1H3,(H,10,11). The summed E-state index contributed by atoms with van der Waals surface area (Å²) in [7, 11) is 0. The van der Waals surface area contributed by atoms with Crippen molar-refractivity contribution in [2.24, 2.45) is 5.41 Å². The van der Waals surface area contributed by atoms with Crippen molar-refractivity contribution in [3.05, 3.63) is 0 Å². The molecule has 3 fully saturated rings. The largest absolute Gasteiger partial charge is 0.481 e. The summed E-state index contributed by atoms with van der Waals surface area (Å²) in [5.74, 6) is -0.673. The fourth-order valence-electron chi connectivity index (χ4n) is 2.46. The van der Waals surface area contributed by atoms with Crippen LogP contribution in [0.2, 0.25) is 0 Å². The molecule has 0 amide bonds. The van der Waals surface area contributed by atoms with Gasteiger partial charge in [-0.05, 0) is 32.6 Å². The first-order valence-electron chi connectivity index (χ1n) is 4.54. The lowest BCUT2D eigenvalue weighted by Crippen LogP contribution is -2.52. The highest BCUT2D eigenvalue weighted by molar-refractivity contribution is 5.75. The van der Waals surface area contributed by atoms with E-state index in [-0.39, 0.29) is 6.10 Å². The van der Waals surface area contributed by atoms with Gasteiger partial charge in [0.25, 0.3) is 0 Å².